The minimum absolute atomic E-state index is 0.0243. The van der Waals surface area contributed by atoms with Gasteiger partial charge in [-0.15, -0.1) is 0 Å². The average Bonchev–Trinajstić information content (AvgIpc) is 1.78. The number of hydrogen-bond acceptors (Lipinski definition) is 2. The van der Waals surface area contributed by atoms with E-state index in [0.29, 0.717) is 6.04 Å². The summed E-state index contributed by atoms with van der Waals surface area (Å²) in [6, 6.07) is 0.496. The molecule has 0 atom stereocenters. The fourth-order valence-corrected chi connectivity index (χ4v) is 1.76. The van der Waals surface area contributed by atoms with Gasteiger partial charge in [0.05, 0.1) is 6.54 Å². The summed E-state index contributed by atoms with van der Waals surface area (Å²) in [6.07, 6.45) is 3.56. The highest BCUT2D eigenvalue weighted by atomic mass is 16.4. The van der Waals surface area contributed by atoms with Gasteiger partial charge in [0.25, 0.3) is 0 Å². The second kappa shape index (κ2) is 3.66. The Bertz CT molecular complexity index is 192. The summed E-state index contributed by atoms with van der Waals surface area (Å²) in [5, 5.41) is 8.77. The number of carbonyl (C=O) groups is 1. The molecule has 0 amide bonds. The molecule has 1 aliphatic carbocycles. The van der Waals surface area contributed by atoms with Crippen molar-refractivity contribution in [3.63, 3.8) is 0 Å². The molecule has 1 rings (SSSR count). The van der Waals surface area contributed by atoms with Crippen LogP contribution in [0.3, 0.4) is 0 Å². The van der Waals surface area contributed by atoms with Crippen LogP contribution < -0.4 is 0 Å². The van der Waals surface area contributed by atoms with Crippen LogP contribution in [0.1, 0.15) is 40.0 Å². The molecule has 3 heteroatoms. The predicted molar refractivity (Wildman–Crippen MR) is 51.7 cm³/mol. The molecule has 1 fully saturated rings. The Kier molecular flexibility index (Phi) is 2.96. The molecule has 76 valence electrons. The molecule has 13 heavy (non-hydrogen) atoms. The summed E-state index contributed by atoms with van der Waals surface area (Å²) in [6.45, 7) is 6.41. The Morgan fingerprint density at radius 1 is 1.46 bits per heavy atom. The van der Waals surface area contributed by atoms with E-state index in [1.54, 1.807) is 0 Å². The van der Waals surface area contributed by atoms with Gasteiger partial charge in [-0.25, -0.2) is 0 Å². The summed E-state index contributed by atoms with van der Waals surface area (Å²) >= 11 is 0. The van der Waals surface area contributed by atoms with E-state index in [0.717, 1.165) is 12.8 Å². The maximum Gasteiger partial charge on any atom is 0.317 e. The number of aliphatic carboxylic acids is 1. The Balaban J connectivity index is 2.58. The van der Waals surface area contributed by atoms with Crippen LogP contribution in [0.5, 0.6) is 0 Å². The van der Waals surface area contributed by atoms with E-state index in [-0.39, 0.29) is 12.1 Å². The molecule has 0 spiro atoms. The Labute approximate surface area is 79.7 Å². The molecular formula is C10H19NO2. The molecule has 0 radical (unpaired) electrons. The fraction of sp³-hybridized carbons (Fsp3) is 0.900. The van der Waals surface area contributed by atoms with E-state index >= 15 is 0 Å². The van der Waals surface area contributed by atoms with Gasteiger partial charge in [-0.2, -0.15) is 0 Å². The molecule has 1 saturated carbocycles. The molecule has 0 aromatic heterocycles. The van der Waals surface area contributed by atoms with E-state index in [1.165, 1.54) is 6.42 Å². The smallest absolute Gasteiger partial charge is 0.317 e. The van der Waals surface area contributed by atoms with Crippen LogP contribution in [0.2, 0.25) is 0 Å². The lowest BCUT2D eigenvalue weighted by atomic mass is 9.88. The van der Waals surface area contributed by atoms with Crippen molar-refractivity contribution >= 4 is 5.97 Å². The van der Waals surface area contributed by atoms with Crippen LogP contribution in [-0.2, 0) is 4.79 Å². The second-order valence-corrected chi connectivity index (χ2v) is 4.78. The maximum absolute atomic E-state index is 10.7. The number of nitrogens with zero attached hydrogens (tertiary/aromatic N) is 1. The summed E-state index contributed by atoms with van der Waals surface area (Å²) in [7, 11) is 0. The van der Waals surface area contributed by atoms with Gasteiger partial charge in [-0.1, -0.05) is 6.42 Å². The first-order chi connectivity index (χ1) is 5.91. The van der Waals surface area contributed by atoms with Crippen molar-refractivity contribution in [2.75, 3.05) is 6.54 Å². The van der Waals surface area contributed by atoms with Gasteiger partial charge in [0.1, 0.15) is 0 Å². The van der Waals surface area contributed by atoms with E-state index in [1.807, 2.05) is 0 Å². The van der Waals surface area contributed by atoms with E-state index < -0.39 is 5.97 Å². The van der Waals surface area contributed by atoms with Crippen molar-refractivity contribution in [2.45, 2.75) is 51.6 Å². The van der Waals surface area contributed by atoms with Crippen LogP contribution >= 0.6 is 0 Å². The van der Waals surface area contributed by atoms with Crippen LogP contribution in [0, 0.1) is 0 Å². The van der Waals surface area contributed by atoms with Crippen molar-refractivity contribution in [3.8, 4) is 0 Å². The summed E-state index contributed by atoms with van der Waals surface area (Å²) < 4.78 is 0. The predicted octanol–water partition coefficient (Wildman–Crippen LogP) is 1.72. The first-order valence-corrected chi connectivity index (χ1v) is 4.90. The molecule has 0 aliphatic heterocycles. The zero-order valence-corrected chi connectivity index (χ0v) is 8.71. The van der Waals surface area contributed by atoms with Crippen molar-refractivity contribution in [1.82, 2.24) is 4.90 Å². The number of hydrogen-bond donors (Lipinski definition) is 1. The lowest BCUT2D eigenvalue weighted by Crippen LogP contribution is -2.52. The van der Waals surface area contributed by atoms with E-state index in [9.17, 15) is 4.79 Å². The standard InChI is InChI=1S/C10H19NO2/c1-10(2,3)11(7-9(12)13)8-5-4-6-8/h8H,4-7H2,1-3H3,(H,12,13). The van der Waals surface area contributed by atoms with Crippen LogP contribution in [0.25, 0.3) is 0 Å². The largest absolute Gasteiger partial charge is 0.480 e. The molecular weight excluding hydrogens is 166 g/mol. The molecule has 1 N–H and O–H groups in total. The Morgan fingerprint density at radius 3 is 2.23 bits per heavy atom. The van der Waals surface area contributed by atoms with Gasteiger partial charge in [-0.05, 0) is 33.6 Å². The summed E-state index contributed by atoms with van der Waals surface area (Å²) in [5.41, 5.74) is -0.0243. The SMILES string of the molecule is CC(C)(C)N(CC(=O)O)C1CCC1. The molecule has 0 bridgehead atoms. The zero-order chi connectivity index (χ0) is 10.1. The third-order valence-corrected chi connectivity index (χ3v) is 2.68. The molecule has 0 saturated heterocycles. The van der Waals surface area contributed by atoms with Gasteiger partial charge in [0.15, 0.2) is 0 Å². The van der Waals surface area contributed by atoms with Crippen molar-refractivity contribution < 1.29 is 9.90 Å². The van der Waals surface area contributed by atoms with Crippen LogP contribution in [-0.4, -0.2) is 34.1 Å². The normalized spacial score (nSPS) is 18.8. The number of carboxylic acid groups (broad SMARTS) is 1. The Hall–Kier alpha value is -0.570. The van der Waals surface area contributed by atoms with E-state index in [2.05, 4.69) is 25.7 Å². The highest BCUT2D eigenvalue weighted by Crippen LogP contribution is 2.29. The fourth-order valence-electron chi connectivity index (χ4n) is 1.76. The molecule has 0 heterocycles. The van der Waals surface area contributed by atoms with Gasteiger partial charge >= 0.3 is 5.97 Å². The average molecular weight is 185 g/mol. The third-order valence-electron chi connectivity index (χ3n) is 2.68. The van der Waals surface area contributed by atoms with Gasteiger partial charge < -0.3 is 5.11 Å². The van der Waals surface area contributed by atoms with Crippen molar-refractivity contribution in [3.05, 3.63) is 0 Å². The van der Waals surface area contributed by atoms with Crippen molar-refractivity contribution in [2.24, 2.45) is 0 Å². The first kappa shape index (κ1) is 10.5. The highest BCUT2D eigenvalue weighted by molar-refractivity contribution is 5.69. The maximum atomic E-state index is 10.7. The minimum Gasteiger partial charge on any atom is -0.480 e. The molecule has 0 aromatic rings. The first-order valence-electron chi connectivity index (χ1n) is 4.90. The monoisotopic (exact) mass is 185 g/mol. The van der Waals surface area contributed by atoms with Gasteiger partial charge in [0.2, 0.25) is 0 Å². The van der Waals surface area contributed by atoms with Crippen LogP contribution in [0.4, 0.5) is 0 Å². The zero-order valence-electron chi connectivity index (χ0n) is 8.71. The topological polar surface area (TPSA) is 40.5 Å². The molecule has 0 aromatic carbocycles. The molecule has 0 unspecified atom stereocenters. The number of carboxylic acids is 1. The third kappa shape index (κ3) is 2.69. The van der Waals surface area contributed by atoms with E-state index in [4.69, 9.17) is 5.11 Å². The number of rotatable bonds is 3. The quantitative estimate of drug-likeness (QED) is 0.728. The molecule has 3 nitrogen and oxygen atoms in total. The molecule has 1 aliphatic rings. The summed E-state index contributed by atoms with van der Waals surface area (Å²) in [4.78, 5) is 12.8. The van der Waals surface area contributed by atoms with Gasteiger partial charge in [-0.3, -0.25) is 9.69 Å². The Morgan fingerprint density at radius 2 is 2.00 bits per heavy atom. The lowest BCUT2D eigenvalue weighted by molar-refractivity contribution is -0.141. The highest BCUT2D eigenvalue weighted by Gasteiger charge is 2.33. The summed E-state index contributed by atoms with van der Waals surface area (Å²) in [5.74, 6) is -0.721. The van der Waals surface area contributed by atoms with Crippen molar-refractivity contribution in [1.29, 1.82) is 0 Å². The minimum atomic E-state index is -0.721. The second-order valence-electron chi connectivity index (χ2n) is 4.78. The van der Waals surface area contributed by atoms with Gasteiger partial charge in [0, 0.05) is 11.6 Å². The van der Waals surface area contributed by atoms with Crippen LogP contribution in [0.15, 0.2) is 0 Å². The lowest BCUT2D eigenvalue weighted by Gasteiger charge is -2.44.